The lowest BCUT2D eigenvalue weighted by Crippen LogP contribution is -2.29. The summed E-state index contributed by atoms with van der Waals surface area (Å²) in [5.41, 5.74) is 1.15. The summed E-state index contributed by atoms with van der Waals surface area (Å²) in [6.07, 6.45) is 4.72. The fraction of sp³-hybridized carbons (Fsp3) is 0.136. The van der Waals surface area contributed by atoms with E-state index in [-0.39, 0.29) is 17.9 Å². The Morgan fingerprint density at radius 3 is 2.59 bits per heavy atom. The van der Waals surface area contributed by atoms with Crippen molar-refractivity contribution in [2.75, 3.05) is 7.11 Å². The zero-order chi connectivity index (χ0) is 20.4. The largest absolute Gasteiger partial charge is 0.507 e. The molecule has 1 saturated heterocycles. The number of ether oxygens (including phenoxy) is 1. The third-order valence-electron chi connectivity index (χ3n) is 4.79. The van der Waals surface area contributed by atoms with Crippen molar-refractivity contribution in [3.63, 3.8) is 0 Å². The van der Waals surface area contributed by atoms with Gasteiger partial charge in [0.2, 0.25) is 0 Å². The van der Waals surface area contributed by atoms with Gasteiger partial charge in [-0.1, -0.05) is 6.07 Å². The van der Waals surface area contributed by atoms with Crippen molar-refractivity contribution in [2.45, 2.75) is 12.6 Å². The summed E-state index contributed by atoms with van der Waals surface area (Å²) in [7, 11) is 1.54. The third-order valence-corrected chi connectivity index (χ3v) is 4.79. The normalized spacial score (nSPS) is 18.2. The first-order chi connectivity index (χ1) is 14.1. The summed E-state index contributed by atoms with van der Waals surface area (Å²) in [4.78, 5) is 31.1. The number of furan rings is 1. The highest BCUT2D eigenvalue weighted by atomic mass is 16.5. The van der Waals surface area contributed by atoms with Crippen LogP contribution in [-0.4, -0.2) is 33.8 Å². The van der Waals surface area contributed by atoms with Gasteiger partial charge in [0.15, 0.2) is 0 Å². The Balaban J connectivity index is 1.81. The van der Waals surface area contributed by atoms with E-state index in [1.54, 1.807) is 54.9 Å². The van der Waals surface area contributed by atoms with Crippen molar-refractivity contribution in [1.29, 1.82) is 0 Å². The quantitative estimate of drug-likeness (QED) is 0.408. The van der Waals surface area contributed by atoms with E-state index in [2.05, 4.69) is 4.98 Å². The fourth-order valence-electron chi connectivity index (χ4n) is 3.38. The van der Waals surface area contributed by atoms with Gasteiger partial charge in [0.25, 0.3) is 11.7 Å². The molecule has 1 N–H and O–H groups in total. The summed E-state index contributed by atoms with van der Waals surface area (Å²) in [6, 6.07) is 12.7. The molecule has 1 fully saturated rings. The number of amides is 1. The summed E-state index contributed by atoms with van der Waals surface area (Å²) >= 11 is 0. The number of nitrogens with zero attached hydrogens (tertiary/aromatic N) is 2. The standard InChI is InChI=1S/C22H18N2O5/c1-28-16-8-6-15(7-9-16)20(25)18-19(17-5-3-11-29-17)24(22(27)21(18)26)13-14-4-2-10-23-12-14/h2-12,19,25H,13H2,1H3/b20-18-. The van der Waals surface area contributed by atoms with Gasteiger partial charge in [0.05, 0.1) is 18.9 Å². The molecule has 4 rings (SSSR count). The molecule has 3 aromatic rings. The molecule has 0 bridgehead atoms. The second-order valence-corrected chi connectivity index (χ2v) is 6.53. The van der Waals surface area contributed by atoms with Gasteiger partial charge in [-0.25, -0.2) is 0 Å². The molecule has 146 valence electrons. The Labute approximate surface area is 166 Å². The minimum Gasteiger partial charge on any atom is -0.507 e. The number of carbonyl (C=O) groups excluding carboxylic acids is 2. The van der Waals surface area contributed by atoms with E-state index in [0.29, 0.717) is 17.1 Å². The van der Waals surface area contributed by atoms with E-state index in [0.717, 1.165) is 5.56 Å². The lowest BCUT2D eigenvalue weighted by atomic mass is 9.99. The van der Waals surface area contributed by atoms with Crippen LogP contribution in [0, 0.1) is 0 Å². The maximum absolute atomic E-state index is 12.9. The first kappa shape index (κ1) is 18.5. The van der Waals surface area contributed by atoms with Gasteiger partial charge in [-0.2, -0.15) is 0 Å². The maximum atomic E-state index is 12.9. The second-order valence-electron chi connectivity index (χ2n) is 6.53. The molecule has 1 atom stereocenters. The number of pyridine rings is 1. The Morgan fingerprint density at radius 1 is 1.17 bits per heavy atom. The first-order valence-electron chi connectivity index (χ1n) is 8.95. The zero-order valence-corrected chi connectivity index (χ0v) is 15.6. The van der Waals surface area contributed by atoms with Crippen molar-refractivity contribution >= 4 is 17.4 Å². The average molecular weight is 390 g/mol. The van der Waals surface area contributed by atoms with E-state index in [1.807, 2.05) is 6.07 Å². The van der Waals surface area contributed by atoms with Crippen molar-refractivity contribution in [1.82, 2.24) is 9.88 Å². The van der Waals surface area contributed by atoms with Gasteiger partial charge in [0, 0.05) is 24.5 Å². The van der Waals surface area contributed by atoms with Crippen LogP contribution in [0.3, 0.4) is 0 Å². The van der Waals surface area contributed by atoms with Crippen LogP contribution < -0.4 is 4.74 Å². The van der Waals surface area contributed by atoms with Crippen LogP contribution in [0.1, 0.15) is 22.9 Å². The smallest absolute Gasteiger partial charge is 0.296 e. The predicted octanol–water partition coefficient (Wildman–Crippen LogP) is 3.31. The molecule has 1 aromatic carbocycles. The number of carbonyl (C=O) groups is 2. The molecule has 7 nitrogen and oxygen atoms in total. The highest BCUT2D eigenvalue weighted by Gasteiger charge is 2.47. The topological polar surface area (TPSA) is 92.9 Å². The predicted molar refractivity (Wildman–Crippen MR) is 104 cm³/mol. The summed E-state index contributed by atoms with van der Waals surface area (Å²) in [5.74, 6) is -0.723. The van der Waals surface area contributed by atoms with Crippen LogP contribution in [0.25, 0.3) is 5.76 Å². The number of rotatable bonds is 5. The van der Waals surface area contributed by atoms with Crippen LogP contribution in [0.2, 0.25) is 0 Å². The highest BCUT2D eigenvalue weighted by Crippen LogP contribution is 2.40. The number of aliphatic hydroxyl groups excluding tert-OH is 1. The van der Waals surface area contributed by atoms with Crippen molar-refractivity contribution in [3.8, 4) is 5.75 Å². The second kappa shape index (κ2) is 7.63. The Hall–Kier alpha value is -3.87. The minimum absolute atomic E-state index is 0.0148. The SMILES string of the molecule is COc1ccc(/C(O)=C2/C(=O)C(=O)N(Cc3cccnc3)C2c2ccco2)cc1. The van der Waals surface area contributed by atoms with Crippen LogP contribution in [0.5, 0.6) is 5.75 Å². The van der Waals surface area contributed by atoms with E-state index in [4.69, 9.17) is 9.15 Å². The molecule has 2 aromatic heterocycles. The van der Waals surface area contributed by atoms with E-state index < -0.39 is 17.7 Å². The lowest BCUT2D eigenvalue weighted by molar-refractivity contribution is -0.140. The number of likely N-dealkylation sites (tertiary alicyclic amines) is 1. The fourth-order valence-corrected chi connectivity index (χ4v) is 3.38. The molecule has 1 amide bonds. The number of ketones is 1. The molecule has 1 aliphatic rings. The molecule has 7 heteroatoms. The molecular formula is C22H18N2O5. The minimum atomic E-state index is -0.840. The van der Waals surface area contributed by atoms with Crippen LogP contribution in [0.15, 0.2) is 77.2 Å². The van der Waals surface area contributed by atoms with Gasteiger partial charge in [-0.05, 0) is 48.0 Å². The number of Topliss-reactive ketones (excluding diaryl/α,β-unsaturated/α-hetero) is 1. The molecular weight excluding hydrogens is 372 g/mol. The molecule has 3 heterocycles. The lowest BCUT2D eigenvalue weighted by Gasteiger charge is -2.23. The van der Waals surface area contributed by atoms with Crippen molar-refractivity contribution < 1.29 is 23.8 Å². The third kappa shape index (κ3) is 3.38. The monoisotopic (exact) mass is 390 g/mol. The van der Waals surface area contributed by atoms with Gasteiger partial charge in [0.1, 0.15) is 23.3 Å². The number of hydrogen-bond acceptors (Lipinski definition) is 6. The van der Waals surface area contributed by atoms with E-state index in [1.165, 1.54) is 18.3 Å². The number of benzene rings is 1. The molecule has 1 unspecified atom stereocenters. The molecule has 1 aliphatic heterocycles. The highest BCUT2D eigenvalue weighted by molar-refractivity contribution is 6.46. The van der Waals surface area contributed by atoms with Gasteiger partial charge < -0.3 is 19.2 Å². The van der Waals surface area contributed by atoms with Crippen LogP contribution in [0.4, 0.5) is 0 Å². The van der Waals surface area contributed by atoms with Crippen molar-refractivity contribution in [2.24, 2.45) is 0 Å². The molecule has 0 radical (unpaired) electrons. The van der Waals surface area contributed by atoms with E-state index in [9.17, 15) is 14.7 Å². The Bertz CT molecular complexity index is 1060. The van der Waals surface area contributed by atoms with Gasteiger partial charge >= 0.3 is 0 Å². The number of hydrogen-bond donors (Lipinski definition) is 1. The molecule has 0 spiro atoms. The number of methoxy groups -OCH3 is 1. The Kier molecular flexibility index (Phi) is 4.87. The number of aliphatic hydroxyl groups is 1. The summed E-state index contributed by atoms with van der Waals surface area (Å²) in [5, 5.41) is 10.9. The first-order valence-corrected chi connectivity index (χ1v) is 8.95. The van der Waals surface area contributed by atoms with E-state index >= 15 is 0 Å². The summed E-state index contributed by atoms with van der Waals surface area (Å²) < 4.78 is 10.6. The molecule has 0 saturated carbocycles. The number of aromatic nitrogens is 1. The van der Waals surface area contributed by atoms with Crippen molar-refractivity contribution in [3.05, 3.63) is 89.6 Å². The van der Waals surface area contributed by atoms with Gasteiger partial charge in [-0.3, -0.25) is 14.6 Å². The summed E-state index contributed by atoms with van der Waals surface area (Å²) in [6.45, 7) is 0.156. The molecule has 29 heavy (non-hydrogen) atoms. The van der Waals surface area contributed by atoms with Crippen LogP contribution in [-0.2, 0) is 16.1 Å². The van der Waals surface area contributed by atoms with Gasteiger partial charge in [-0.15, -0.1) is 0 Å². The maximum Gasteiger partial charge on any atom is 0.296 e. The average Bonchev–Trinajstić information content (AvgIpc) is 3.37. The molecule has 0 aliphatic carbocycles. The van der Waals surface area contributed by atoms with Crippen LogP contribution >= 0.6 is 0 Å². The zero-order valence-electron chi connectivity index (χ0n) is 15.6. The Morgan fingerprint density at radius 2 is 1.97 bits per heavy atom.